The first kappa shape index (κ1) is 20.0. The van der Waals surface area contributed by atoms with Gasteiger partial charge in [0, 0.05) is 17.7 Å². The van der Waals surface area contributed by atoms with Crippen LogP contribution < -0.4 is 9.64 Å². The van der Waals surface area contributed by atoms with E-state index in [0.29, 0.717) is 28.4 Å². The first-order valence-corrected chi connectivity index (χ1v) is 9.25. The lowest BCUT2D eigenvalue weighted by atomic mass is 10.1. The van der Waals surface area contributed by atoms with E-state index in [1.165, 1.54) is 29.2 Å². The molecule has 154 valence electrons. The van der Waals surface area contributed by atoms with E-state index in [1.807, 2.05) is 0 Å². The Balaban J connectivity index is 1.77. The Kier molecular flexibility index (Phi) is 5.28. The van der Waals surface area contributed by atoms with Gasteiger partial charge in [-0.05, 0) is 72.3 Å². The van der Waals surface area contributed by atoms with Gasteiger partial charge in [-0.1, -0.05) is 0 Å². The molecule has 0 bridgehead atoms. The SMILES string of the molecule is COc1ccc(N2C(=O)/C(=C\c3ccc([N+](=O)[O-])cc3)N=C2c2ccc(F)cc2)cc1. The van der Waals surface area contributed by atoms with Crippen molar-refractivity contribution in [3.63, 3.8) is 0 Å². The van der Waals surface area contributed by atoms with Crippen molar-refractivity contribution in [3.8, 4) is 5.75 Å². The normalized spacial score (nSPS) is 14.6. The number of benzene rings is 3. The molecule has 0 atom stereocenters. The van der Waals surface area contributed by atoms with Gasteiger partial charge in [0.2, 0.25) is 0 Å². The van der Waals surface area contributed by atoms with Crippen molar-refractivity contribution < 1.29 is 18.8 Å². The third-order valence-electron chi connectivity index (χ3n) is 4.70. The van der Waals surface area contributed by atoms with Gasteiger partial charge in [-0.2, -0.15) is 0 Å². The molecule has 1 amide bonds. The topological polar surface area (TPSA) is 85.0 Å². The molecule has 3 aromatic carbocycles. The minimum atomic E-state index is -0.492. The summed E-state index contributed by atoms with van der Waals surface area (Å²) < 4.78 is 18.6. The first-order valence-electron chi connectivity index (χ1n) is 9.25. The van der Waals surface area contributed by atoms with Crippen molar-refractivity contribution in [1.82, 2.24) is 0 Å². The third kappa shape index (κ3) is 4.04. The number of methoxy groups -OCH3 is 1. The molecule has 4 rings (SSSR count). The van der Waals surface area contributed by atoms with Crippen molar-refractivity contribution in [3.05, 3.63) is 106 Å². The summed E-state index contributed by atoms with van der Waals surface area (Å²) in [5.74, 6) is 0.217. The Labute approximate surface area is 176 Å². The highest BCUT2D eigenvalue weighted by molar-refractivity contribution is 6.33. The predicted octanol–water partition coefficient (Wildman–Crippen LogP) is 4.58. The highest BCUT2D eigenvalue weighted by Crippen LogP contribution is 2.29. The zero-order chi connectivity index (χ0) is 22.0. The van der Waals surface area contributed by atoms with E-state index in [9.17, 15) is 19.3 Å². The molecule has 0 saturated heterocycles. The lowest BCUT2D eigenvalue weighted by Crippen LogP contribution is -2.32. The molecule has 7 nitrogen and oxygen atoms in total. The number of nitrogens with zero attached hydrogens (tertiary/aromatic N) is 3. The Hall–Kier alpha value is -4.33. The minimum absolute atomic E-state index is 0.0461. The number of nitro benzene ring substituents is 1. The number of rotatable bonds is 5. The number of hydrogen-bond acceptors (Lipinski definition) is 5. The summed E-state index contributed by atoms with van der Waals surface area (Å²) in [7, 11) is 1.55. The largest absolute Gasteiger partial charge is 0.497 e. The third-order valence-corrected chi connectivity index (χ3v) is 4.70. The zero-order valence-corrected chi connectivity index (χ0v) is 16.4. The van der Waals surface area contributed by atoms with Crippen LogP contribution in [0.3, 0.4) is 0 Å². The molecule has 0 aromatic heterocycles. The maximum atomic E-state index is 13.4. The van der Waals surface area contributed by atoms with Crippen LogP contribution in [-0.4, -0.2) is 23.8 Å². The number of amidine groups is 1. The summed E-state index contributed by atoms with van der Waals surface area (Å²) in [6, 6.07) is 18.4. The second-order valence-corrected chi connectivity index (χ2v) is 6.66. The van der Waals surface area contributed by atoms with Gasteiger partial charge in [-0.25, -0.2) is 9.38 Å². The smallest absolute Gasteiger partial charge is 0.282 e. The van der Waals surface area contributed by atoms with E-state index in [0.717, 1.165) is 0 Å². The molecule has 0 saturated carbocycles. The Morgan fingerprint density at radius 3 is 2.23 bits per heavy atom. The van der Waals surface area contributed by atoms with Gasteiger partial charge in [0.15, 0.2) is 0 Å². The van der Waals surface area contributed by atoms with Crippen LogP contribution in [0.1, 0.15) is 11.1 Å². The molecule has 0 unspecified atom stereocenters. The summed E-state index contributed by atoms with van der Waals surface area (Å²) in [6.45, 7) is 0. The van der Waals surface area contributed by atoms with E-state index in [-0.39, 0.29) is 17.3 Å². The summed E-state index contributed by atoms with van der Waals surface area (Å²) >= 11 is 0. The molecule has 3 aromatic rings. The van der Waals surface area contributed by atoms with Crippen molar-refractivity contribution in [1.29, 1.82) is 0 Å². The van der Waals surface area contributed by atoms with Gasteiger partial charge in [0.05, 0.1) is 17.7 Å². The molecular weight excluding hydrogens is 401 g/mol. The monoisotopic (exact) mass is 417 g/mol. The molecule has 0 spiro atoms. The lowest BCUT2D eigenvalue weighted by molar-refractivity contribution is -0.384. The Morgan fingerprint density at radius 1 is 1.00 bits per heavy atom. The van der Waals surface area contributed by atoms with Crippen LogP contribution in [-0.2, 0) is 4.79 Å². The number of hydrogen-bond donors (Lipinski definition) is 0. The highest BCUT2D eigenvalue weighted by Gasteiger charge is 2.32. The number of halogens is 1. The number of anilines is 1. The molecule has 0 radical (unpaired) electrons. The number of nitro groups is 1. The fourth-order valence-corrected chi connectivity index (χ4v) is 3.13. The van der Waals surface area contributed by atoms with Crippen LogP contribution in [0.5, 0.6) is 5.75 Å². The van der Waals surface area contributed by atoms with Gasteiger partial charge in [0.1, 0.15) is 23.1 Å². The second-order valence-electron chi connectivity index (χ2n) is 6.66. The molecule has 1 aliphatic rings. The summed E-state index contributed by atoms with van der Waals surface area (Å²) in [5.41, 5.74) is 1.84. The van der Waals surface area contributed by atoms with Crippen LogP contribution in [0.2, 0.25) is 0 Å². The van der Waals surface area contributed by atoms with Gasteiger partial charge < -0.3 is 4.74 Å². The molecular formula is C23H16FN3O4. The molecule has 8 heteroatoms. The van der Waals surface area contributed by atoms with Crippen LogP contribution in [0.15, 0.2) is 83.5 Å². The second kappa shape index (κ2) is 8.19. The van der Waals surface area contributed by atoms with Crippen molar-refractivity contribution in [2.24, 2.45) is 4.99 Å². The average Bonchev–Trinajstić information content (AvgIpc) is 3.10. The first-order chi connectivity index (χ1) is 15.0. The van der Waals surface area contributed by atoms with E-state index in [2.05, 4.69) is 4.99 Å². The maximum Gasteiger partial charge on any atom is 0.282 e. The van der Waals surface area contributed by atoms with E-state index in [1.54, 1.807) is 61.7 Å². The molecule has 0 N–H and O–H groups in total. The molecule has 0 aliphatic carbocycles. The average molecular weight is 417 g/mol. The quantitative estimate of drug-likeness (QED) is 0.346. The van der Waals surface area contributed by atoms with Crippen LogP contribution >= 0.6 is 0 Å². The molecule has 1 heterocycles. The van der Waals surface area contributed by atoms with Gasteiger partial charge >= 0.3 is 0 Å². The number of carbonyl (C=O) groups is 1. The predicted molar refractivity (Wildman–Crippen MR) is 114 cm³/mol. The van der Waals surface area contributed by atoms with E-state index >= 15 is 0 Å². The standard InChI is InChI=1S/C23H16FN3O4/c1-31-20-12-10-18(11-13-20)26-22(16-4-6-17(24)7-5-16)25-21(23(26)28)14-15-2-8-19(9-3-15)27(29)30/h2-14H,1H3/b21-14+. The lowest BCUT2D eigenvalue weighted by Gasteiger charge is -2.18. The number of non-ortho nitro benzene ring substituents is 1. The van der Waals surface area contributed by atoms with Gasteiger partial charge in [-0.15, -0.1) is 0 Å². The van der Waals surface area contributed by atoms with Crippen LogP contribution in [0.25, 0.3) is 6.08 Å². The van der Waals surface area contributed by atoms with Gasteiger partial charge in [-0.3, -0.25) is 19.8 Å². The van der Waals surface area contributed by atoms with Crippen molar-refractivity contribution in [2.75, 3.05) is 12.0 Å². The fraction of sp³-hybridized carbons (Fsp3) is 0.0435. The Bertz CT molecular complexity index is 1200. The Morgan fingerprint density at radius 2 is 1.65 bits per heavy atom. The highest BCUT2D eigenvalue weighted by atomic mass is 19.1. The van der Waals surface area contributed by atoms with Crippen molar-refractivity contribution in [2.45, 2.75) is 0 Å². The number of carbonyl (C=O) groups excluding carboxylic acids is 1. The van der Waals surface area contributed by atoms with E-state index < -0.39 is 10.7 Å². The summed E-state index contributed by atoms with van der Waals surface area (Å²) in [4.78, 5) is 29.5. The summed E-state index contributed by atoms with van der Waals surface area (Å²) in [5, 5.41) is 10.9. The molecule has 0 fully saturated rings. The number of amides is 1. The minimum Gasteiger partial charge on any atom is -0.497 e. The van der Waals surface area contributed by atoms with E-state index in [4.69, 9.17) is 4.74 Å². The number of ether oxygens (including phenoxy) is 1. The number of aliphatic imine (C=N–C) groups is 1. The summed E-state index contributed by atoms with van der Waals surface area (Å²) in [6.07, 6.45) is 1.55. The van der Waals surface area contributed by atoms with Crippen molar-refractivity contribution >= 4 is 29.2 Å². The fourth-order valence-electron chi connectivity index (χ4n) is 3.13. The van der Waals surface area contributed by atoms with Crippen LogP contribution in [0.4, 0.5) is 15.8 Å². The molecule has 1 aliphatic heterocycles. The zero-order valence-electron chi connectivity index (χ0n) is 16.4. The van der Waals surface area contributed by atoms with Gasteiger partial charge in [0.25, 0.3) is 11.6 Å². The van der Waals surface area contributed by atoms with Crippen LogP contribution in [0, 0.1) is 15.9 Å². The maximum absolute atomic E-state index is 13.4. The molecule has 31 heavy (non-hydrogen) atoms.